The fourth-order valence-electron chi connectivity index (χ4n) is 1.21. The minimum atomic E-state index is 1.00. The minimum Gasteiger partial charge on any atom is -0.0544 e. The molecule has 1 rings (SSSR count). The van der Waals surface area contributed by atoms with Crippen molar-refractivity contribution in [1.29, 1.82) is 0 Å². The Morgan fingerprint density at radius 2 is 0.812 bits per heavy atom. The summed E-state index contributed by atoms with van der Waals surface area (Å²) in [5.41, 5.74) is 0. The van der Waals surface area contributed by atoms with Gasteiger partial charge in [-0.25, -0.2) is 0 Å². The van der Waals surface area contributed by atoms with E-state index in [-0.39, 0.29) is 0 Å². The molecule has 0 bridgehead atoms. The van der Waals surface area contributed by atoms with Crippen molar-refractivity contribution in [3.8, 4) is 0 Å². The molecule has 90 valence electrons. The molecule has 0 nitrogen and oxygen atoms in total. The Bertz CT molecular complexity index is 341. The Morgan fingerprint density at radius 3 is 1.12 bits per heavy atom. The molecule has 1 aliphatic carbocycles. The van der Waals surface area contributed by atoms with E-state index < -0.39 is 0 Å². The molecule has 0 amide bonds. The highest BCUT2D eigenvalue weighted by atomic mass is 79.9. The normalized spacial score (nSPS) is 20.6. The average Bonchev–Trinajstić information content (AvgIpc) is 2.28. The first-order valence-corrected chi connectivity index (χ1v) is 9.35. The lowest BCUT2D eigenvalue weighted by Gasteiger charge is -2.11. The molecule has 0 atom stereocenters. The highest BCUT2D eigenvalue weighted by Gasteiger charge is 2.15. The molecule has 0 saturated heterocycles. The van der Waals surface area contributed by atoms with Crippen molar-refractivity contribution < 1.29 is 0 Å². The van der Waals surface area contributed by atoms with Crippen LogP contribution in [-0.4, -0.2) is 0 Å². The highest BCUT2D eigenvalue weighted by molar-refractivity contribution is 9.18. The van der Waals surface area contributed by atoms with Crippen LogP contribution in [-0.2, 0) is 0 Å². The Hall–Kier alpha value is 2.10. The van der Waals surface area contributed by atoms with Crippen LogP contribution in [0.25, 0.3) is 0 Å². The second kappa shape index (κ2) is 7.63. The summed E-state index contributed by atoms with van der Waals surface area (Å²) >= 11 is 21.6. The van der Waals surface area contributed by atoms with Gasteiger partial charge in [-0.1, -0.05) is 31.9 Å². The zero-order valence-corrected chi connectivity index (χ0v) is 17.6. The van der Waals surface area contributed by atoms with Gasteiger partial charge in [0.15, 0.2) is 0 Å². The van der Waals surface area contributed by atoms with Crippen LogP contribution in [0.3, 0.4) is 0 Å². The summed E-state index contributed by atoms with van der Waals surface area (Å²) < 4.78 is 6.50. The predicted octanol–water partition coefficient (Wildman–Crippen LogP) is 7.56. The van der Waals surface area contributed by atoms with Crippen molar-refractivity contribution >= 4 is 95.6 Å². The van der Waals surface area contributed by atoms with Crippen LogP contribution >= 0.6 is 95.6 Å². The van der Waals surface area contributed by atoms with E-state index in [1.54, 1.807) is 0 Å². The van der Waals surface area contributed by atoms with Gasteiger partial charge in [0.2, 0.25) is 0 Å². The molecule has 0 heterocycles. The standard InChI is InChI=1S/C10H8Br6/c11-5-3-1-2-4-6(12)8(14)10(16)9(15)7(5)13/h1-4H2. The number of rotatable bonds is 0. The van der Waals surface area contributed by atoms with Gasteiger partial charge in [0, 0.05) is 26.9 Å². The van der Waals surface area contributed by atoms with Crippen LogP contribution in [0.5, 0.6) is 0 Å². The molecular weight excluding hydrogens is 600 g/mol. The third-order valence-corrected chi connectivity index (χ3v) is 9.68. The lowest BCUT2D eigenvalue weighted by molar-refractivity contribution is 0.754. The molecule has 0 aromatic rings. The first-order valence-electron chi connectivity index (χ1n) is 4.59. The molecular formula is C10H8Br6. The zero-order valence-electron chi connectivity index (χ0n) is 8.10. The number of hydrogen-bond donors (Lipinski definition) is 0. The molecule has 0 N–H and O–H groups in total. The van der Waals surface area contributed by atoms with Crippen LogP contribution in [0.1, 0.15) is 25.7 Å². The molecule has 0 spiro atoms. The molecule has 0 fully saturated rings. The first-order chi connectivity index (χ1) is 7.45. The van der Waals surface area contributed by atoms with Crippen LogP contribution in [0.2, 0.25) is 0 Å². The molecule has 16 heavy (non-hydrogen) atoms. The number of halogens is 6. The first kappa shape index (κ1) is 16.2. The summed E-state index contributed by atoms with van der Waals surface area (Å²) in [5.74, 6) is 0. The summed E-state index contributed by atoms with van der Waals surface area (Å²) in [5, 5.41) is 0. The van der Waals surface area contributed by atoms with Crippen molar-refractivity contribution in [1.82, 2.24) is 0 Å². The quantitative estimate of drug-likeness (QED) is 0.267. The van der Waals surface area contributed by atoms with E-state index >= 15 is 0 Å². The maximum absolute atomic E-state index is 3.61. The molecule has 0 unspecified atom stereocenters. The second-order valence-corrected chi connectivity index (χ2v) is 8.36. The van der Waals surface area contributed by atoms with Crippen LogP contribution in [0.4, 0.5) is 0 Å². The van der Waals surface area contributed by atoms with Crippen LogP contribution in [0.15, 0.2) is 26.9 Å². The van der Waals surface area contributed by atoms with E-state index in [0.717, 1.165) is 30.8 Å². The number of allylic oxidation sites excluding steroid dienone is 6. The fraction of sp³-hybridized carbons (Fsp3) is 0.400. The van der Waals surface area contributed by atoms with Crippen molar-refractivity contribution in [2.75, 3.05) is 0 Å². The van der Waals surface area contributed by atoms with Gasteiger partial charge in [-0.15, -0.1) is 0 Å². The molecule has 0 radical (unpaired) electrons. The average molecular weight is 608 g/mol. The second-order valence-electron chi connectivity index (χ2n) is 3.27. The van der Waals surface area contributed by atoms with E-state index in [1.165, 1.54) is 21.8 Å². The third-order valence-electron chi connectivity index (χ3n) is 2.10. The van der Waals surface area contributed by atoms with Gasteiger partial charge in [-0.3, -0.25) is 0 Å². The summed E-state index contributed by atoms with van der Waals surface area (Å²) in [7, 11) is 0. The van der Waals surface area contributed by atoms with Gasteiger partial charge in [-0.2, -0.15) is 0 Å². The number of hydrogen-bond acceptors (Lipinski definition) is 0. The largest absolute Gasteiger partial charge is 0.0544 e. The Balaban J connectivity index is 3.27. The zero-order chi connectivity index (χ0) is 12.3. The summed E-state index contributed by atoms with van der Waals surface area (Å²) in [6.07, 6.45) is 4.44. The summed E-state index contributed by atoms with van der Waals surface area (Å²) in [4.78, 5) is 0. The molecule has 0 saturated carbocycles. The van der Waals surface area contributed by atoms with E-state index in [4.69, 9.17) is 0 Å². The molecule has 6 heteroatoms. The smallest absolute Gasteiger partial charge is 0.0479 e. The third kappa shape index (κ3) is 4.34. The van der Waals surface area contributed by atoms with Crippen molar-refractivity contribution in [3.05, 3.63) is 26.9 Å². The van der Waals surface area contributed by atoms with Gasteiger partial charge >= 0.3 is 0 Å². The van der Waals surface area contributed by atoms with E-state index in [2.05, 4.69) is 95.6 Å². The Kier molecular flexibility index (Phi) is 7.71. The molecule has 1 aliphatic rings. The maximum atomic E-state index is 3.61. The summed E-state index contributed by atoms with van der Waals surface area (Å²) in [6.45, 7) is 0. The van der Waals surface area contributed by atoms with Gasteiger partial charge in [0.1, 0.15) is 0 Å². The SMILES string of the molecule is BrC1=C(Br)C(Br)=C(Br)C(Br)=C(Br)CCCC1. The maximum Gasteiger partial charge on any atom is 0.0479 e. The molecule has 0 aliphatic heterocycles. The lowest BCUT2D eigenvalue weighted by Crippen LogP contribution is -1.89. The van der Waals surface area contributed by atoms with Crippen LogP contribution in [0, 0.1) is 0 Å². The molecule has 0 aromatic carbocycles. The predicted molar refractivity (Wildman–Crippen MR) is 93.1 cm³/mol. The molecule has 0 aromatic heterocycles. The highest BCUT2D eigenvalue weighted by Crippen LogP contribution is 2.43. The van der Waals surface area contributed by atoms with Crippen molar-refractivity contribution in [2.24, 2.45) is 0 Å². The van der Waals surface area contributed by atoms with Gasteiger partial charge in [-0.05, 0) is 89.4 Å². The Labute approximate surface area is 146 Å². The van der Waals surface area contributed by atoms with Crippen molar-refractivity contribution in [2.45, 2.75) is 25.7 Å². The topological polar surface area (TPSA) is 0 Å². The Morgan fingerprint density at radius 1 is 0.500 bits per heavy atom. The lowest BCUT2D eigenvalue weighted by atomic mass is 10.1. The van der Waals surface area contributed by atoms with Crippen molar-refractivity contribution in [3.63, 3.8) is 0 Å². The van der Waals surface area contributed by atoms with Gasteiger partial charge in [0.05, 0.1) is 0 Å². The minimum absolute atomic E-state index is 1.00. The van der Waals surface area contributed by atoms with E-state index in [1.807, 2.05) is 0 Å². The van der Waals surface area contributed by atoms with E-state index in [0.29, 0.717) is 0 Å². The monoisotopic (exact) mass is 602 g/mol. The van der Waals surface area contributed by atoms with Crippen LogP contribution < -0.4 is 0 Å². The summed E-state index contributed by atoms with van der Waals surface area (Å²) in [6, 6.07) is 0. The fourth-order valence-corrected chi connectivity index (χ4v) is 4.90. The van der Waals surface area contributed by atoms with E-state index in [9.17, 15) is 0 Å². The van der Waals surface area contributed by atoms with Gasteiger partial charge < -0.3 is 0 Å². The van der Waals surface area contributed by atoms with Gasteiger partial charge in [0.25, 0.3) is 0 Å².